The molecule has 4 nitrogen and oxygen atoms in total. The molecule has 132 valence electrons. The minimum atomic E-state index is -0.823. The van der Waals surface area contributed by atoms with Crippen LogP contribution in [0, 0.1) is 11.8 Å². The van der Waals surface area contributed by atoms with Crippen LogP contribution in [-0.2, 0) is 19.6 Å². The predicted octanol–water partition coefficient (Wildman–Crippen LogP) is 5.41. The summed E-state index contributed by atoms with van der Waals surface area (Å²) in [6, 6.07) is 0. The van der Waals surface area contributed by atoms with Gasteiger partial charge >= 0.3 is 0 Å². The Hall–Kier alpha value is -0.160. The standard InChI is InChI=1S/C18H36O4/c1-9-16(5,6)19-21-18(22-20-17(7,8)10-2)13-14(3)11-12-15(18)4/h14-15H,9-13H2,1-8H3. The highest BCUT2D eigenvalue weighted by molar-refractivity contribution is 4.83. The highest BCUT2D eigenvalue weighted by Crippen LogP contribution is 2.42. The molecule has 0 N–H and O–H groups in total. The summed E-state index contributed by atoms with van der Waals surface area (Å²) < 4.78 is 0. The summed E-state index contributed by atoms with van der Waals surface area (Å²) in [5, 5.41) is 0. The zero-order valence-electron chi connectivity index (χ0n) is 15.8. The van der Waals surface area contributed by atoms with E-state index in [1.807, 2.05) is 27.7 Å². The summed E-state index contributed by atoms with van der Waals surface area (Å²) in [6.45, 7) is 16.6. The smallest absolute Gasteiger partial charge is 0.228 e. The molecule has 22 heavy (non-hydrogen) atoms. The fourth-order valence-electron chi connectivity index (χ4n) is 2.27. The highest BCUT2D eigenvalue weighted by Gasteiger charge is 2.47. The molecular formula is C18H36O4. The second kappa shape index (κ2) is 7.61. The van der Waals surface area contributed by atoms with E-state index in [2.05, 4.69) is 27.7 Å². The van der Waals surface area contributed by atoms with Gasteiger partial charge in [-0.1, -0.05) is 34.1 Å². The SMILES string of the molecule is CCC(C)(C)OOC1(OOC(C)(C)CC)CC(C)CCC1C. The lowest BCUT2D eigenvalue weighted by Gasteiger charge is -2.44. The second-order valence-corrected chi connectivity index (χ2v) is 8.16. The molecule has 0 spiro atoms. The average Bonchev–Trinajstić information content (AvgIpc) is 2.47. The van der Waals surface area contributed by atoms with Crippen molar-refractivity contribution in [2.45, 2.75) is 104 Å². The van der Waals surface area contributed by atoms with E-state index in [1.165, 1.54) is 6.42 Å². The van der Waals surface area contributed by atoms with Crippen LogP contribution in [0.4, 0.5) is 0 Å². The lowest BCUT2D eigenvalue weighted by molar-refractivity contribution is -0.558. The van der Waals surface area contributed by atoms with Crippen LogP contribution < -0.4 is 0 Å². The molecule has 1 rings (SSSR count). The van der Waals surface area contributed by atoms with Gasteiger partial charge in [0, 0.05) is 12.3 Å². The van der Waals surface area contributed by atoms with Crippen LogP contribution in [0.15, 0.2) is 0 Å². The molecule has 4 heteroatoms. The molecule has 0 aromatic rings. The van der Waals surface area contributed by atoms with Gasteiger partial charge in [0.1, 0.15) is 0 Å². The third-order valence-corrected chi connectivity index (χ3v) is 5.00. The van der Waals surface area contributed by atoms with Gasteiger partial charge in [0.2, 0.25) is 5.79 Å². The van der Waals surface area contributed by atoms with Crippen molar-refractivity contribution >= 4 is 0 Å². The predicted molar refractivity (Wildman–Crippen MR) is 88.0 cm³/mol. The van der Waals surface area contributed by atoms with Gasteiger partial charge in [-0.2, -0.15) is 9.78 Å². The average molecular weight is 316 g/mol. The van der Waals surface area contributed by atoms with Crippen molar-refractivity contribution in [3.63, 3.8) is 0 Å². The number of rotatable bonds is 8. The lowest BCUT2D eigenvalue weighted by Crippen LogP contribution is -2.49. The Morgan fingerprint density at radius 2 is 1.32 bits per heavy atom. The van der Waals surface area contributed by atoms with E-state index in [-0.39, 0.29) is 17.1 Å². The van der Waals surface area contributed by atoms with Gasteiger partial charge in [0.05, 0.1) is 11.2 Å². The summed E-state index contributed by atoms with van der Waals surface area (Å²) in [4.78, 5) is 23.3. The van der Waals surface area contributed by atoms with E-state index >= 15 is 0 Å². The number of hydrogen-bond donors (Lipinski definition) is 0. The molecule has 0 aliphatic heterocycles. The normalized spacial score (nSPS) is 26.2. The van der Waals surface area contributed by atoms with Gasteiger partial charge in [-0.25, -0.2) is 9.78 Å². The van der Waals surface area contributed by atoms with E-state index in [4.69, 9.17) is 19.6 Å². The molecule has 0 aromatic heterocycles. The first-order valence-corrected chi connectivity index (χ1v) is 8.79. The van der Waals surface area contributed by atoms with E-state index in [0.29, 0.717) is 5.92 Å². The maximum Gasteiger partial charge on any atom is 0.236 e. The molecule has 1 saturated carbocycles. The maximum atomic E-state index is 5.90. The Morgan fingerprint density at radius 3 is 1.73 bits per heavy atom. The van der Waals surface area contributed by atoms with E-state index in [0.717, 1.165) is 25.7 Å². The van der Waals surface area contributed by atoms with Crippen LogP contribution in [0.1, 0.15) is 87.5 Å². The number of hydrogen-bond acceptors (Lipinski definition) is 4. The summed E-state index contributed by atoms with van der Waals surface area (Å²) in [6.07, 6.45) is 4.76. The van der Waals surface area contributed by atoms with E-state index in [9.17, 15) is 0 Å². The first kappa shape index (κ1) is 19.9. The third-order valence-electron chi connectivity index (χ3n) is 5.00. The molecule has 0 amide bonds. The zero-order chi connectivity index (χ0) is 17.0. The van der Waals surface area contributed by atoms with Crippen molar-refractivity contribution in [3.8, 4) is 0 Å². The molecule has 1 aliphatic rings. The first-order chi connectivity index (χ1) is 10.1. The van der Waals surface area contributed by atoms with Crippen LogP contribution in [0.2, 0.25) is 0 Å². The molecule has 0 radical (unpaired) electrons. The van der Waals surface area contributed by atoms with Crippen LogP contribution in [-0.4, -0.2) is 17.0 Å². The van der Waals surface area contributed by atoms with Gasteiger partial charge in [-0.15, -0.1) is 0 Å². The van der Waals surface area contributed by atoms with Crippen molar-refractivity contribution in [3.05, 3.63) is 0 Å². The van der Waals surface area contributed by atoms with Gasteiger partial charge < -0.3 is 0 Å². The van der Waals surface area contributed by atoms with Crippen molar-refractivity contribution in [1.82, 2.24) is 0 Å². The second-order valence-electron chi connectivity index (χ2n) is 8.16. The summed E-state index contributed by atoms with van der Waals surface area (Å²) >= 11 is 0. The van der Waals surface area contributed by atoms with Crippen LogP contribution >= 0.6 is 0 Å². The quantitative estimate of drug-likeness (QED) is 0.341. The van der Waals surface area contributed by atoms with Crippen molar-refractivity contribution < 1.29 is 19.6 Å². The zero-order valence-corrected chi connectivity index (χ0v) is 15.8. The summed E-state index contributed by atoms with van der Waals surface area (Å²) in [5.41, 5.74) is -0.673. The lowest BCUT2D eigenvalue weighted by atomic mass is 9.79. The Bertz CT molecular complexity index is 318. The Labute approximate surface area is 136 Å². The van der Waals surface area contributed by atoms with Crippen LogP contribution in [0.3, 0.4) is 0 Å². The van der Waals surface area contributed by atoms with Crippen molar-refractivity contribution in [2.75, 3.05) is 0 Å². The fraction of sp³-hybridized carbons (Fsp3) is 1.00. The summed E-state index contributed by atoms with van der Waals surface area (Å²) in [7, 11) is 0. The minimum Gasteiger partial charge on any atom is -0.228 e. The molecule has 0 heterocycles. The molecule has 2 unspecified atom stereocenters. The molecule has 1 aliphatic carbocycles. The van der Waals surface area contributed by atoms with Gasteiger partial charge in [0.15, 0.2) is 0 Å². The highest BCUT2D eigenvalue weighted by atomic mass is 17.3. The van der Waals surface area contributed by atoms with E-state index < -0.39 is 5.79 Å². The Kier molecular flexibility index (Phi) is 6.88. The van der Waals surface area contributed by atoms with Gasteiger partial charge in [-0.3, -0.25) is 0 Å². The summed E-state index contributed by atoms with van der Waals surface area (Å²) in [5.74, 6) is -0.0711. The maximum absolute atomic E-state index is 5.90. The van der Waals surface area contributed by atoms with Gasteiger partial charge in [0.25, 0.3) is 0 Å². The molecule has 2 atom stereocenters. The third kappa shape index (κ3) is 5.48. The van der Waals surface area contributed by atoms with Crippen LogP contribution in [0.25, 0.3) is 0 Å². The van der Waals surface area contributed by atoms with Crippen molar-refractivity contribution in [1.29, 1.82) is 0 Å². The molecular weight excluding hydrogens is 280 g/mol. The monoisotopic (exact) mass is 316 g/mol. The molecule has 0 aromatic carbocycles. The molecule has 1 fully saturated rings. The van der Waals surface area contributed by atoms with Gasteiger partial charge in [-0.05, 0) is 52.9 Å². The minimum absolute atomic E-state index is 0.226. The molecule has 0 bridgehead atoms. The van der Waals surface area contributed by atoms with Crippen molar-refractivity contribution in [2.24, 2.45) is 11.8 Å². The Balaban J connectivity index is 2.84. The molecule has 0 saturated heterocycles. The largest absolute Gasteiger partial charge is 0.236 e. The fourth-order valence-corrected chi connectivity index (χ4v) is 2.27. The topological polar surface area (TPSA) is 36.9 Å². The van der Waals surface area contributed by atoms with E-state index in [1.54, 1.807) is 0 Å². The van der Waals surface area contributed by atoms with Crippen LogP contribution in [0.5, 0.6) is 0 Å². The first-order valence-electron chi connectivity index (χ1n) is 8.79. The Morgan fingerprint density at radius 1 is 0.864 bits per heavy atom.